The molecule has 0 saturated heterocycles. The van der Waals surface area contributed by atoms with Crippen molar-refractivity contribution < 1.29 is 14.3 Å². The van der Waals surface area contributed by atoms with Crippen molar-refractivity contribution in [1.29, 1.82) is 0 Å². The van der Waals surface area contributed by atoms with Crippen molar-refractivity contribution in [1.82, 2.24) is 19.6 Å². The van der Waals surface area contributed by atoms with Crippen molar-refractivity contribution in [2.75, 3.05) is 5.32 Å². The molecule has 3 aromatic heterocycles. The second-order valence-corrected chi connectivity index (χ2v) is 8.48. The van der Waals surface area contributed by atoms with E-state index < -0.39 is 18.0 Å². The van der Waals surface area contributed by atoms with Crippen LogP contribution in [0.5, 0.6) is 0 Å². The third kappa shape index (κ3) is 4.09. The SMILES string of the molecule is Cc1nn(-c2ccccc2)c2sc(C(=O)OC(C)C(=O)Nc3ccnn3C(C)C)cc12. The maximum atomic E-state index is 12.7. The number of thiophene rings is 1. The van der Waals surface area contributed by atoms with Gasteiger partial charge < -0.3 is 10.1 Å². The molecule has 1 amide bonds. The monoisotopic (exact) mass is 437 g/mol. The number of esters is 1. The molecular weight excluding hydrogens is 414 g/mol. The lowest BCUT2D eigenvalue weighted by Gasteiger charge is -2.15. The number of hydrogen-bond acceptors (Lipinski definition) is 6. The highest BCUT2D eigenvalue weighted by molar-refractivity contribution is 7.20. The second-order valence-electron chi connectivity index (χ2n) is 7.45. The van der Waals surface area contributed by atoms with E-state index in [1.54, 1.807) is 29.9 Å². The molecule has 1 atom stereocenters. The maximum absolute atomic E-state index is 12.7. The number of carbonyl (C=O) groups is 2. The van der Waals surface area contributed by atoms with Crippen LogP contribution < -0.4 is 5.32 Å². The number of ether oxygens (including phenoxy) is 1. The zero-order valence-corrected chi connectivity index (χ0v) is 18.5. The molecule has 0 aliphatic rings. The largest absolute Gasteiger partial charge is 0.448 e. The van der Waals surface area contributed by atoms with Gasteiger partial charge in [0.2, 0.25) is 0 Å². The summed E-state index contributed by atoms with van der Waals surface area (Å²) < 4.78 is 8.94. The minimum Gasteiger partial charge on any atom is -0.448 e. The van der Waals surface area contributed by atoms with E-state index in [0.29, 0.717) is 10.7 Å². The number of aryl methyl sites for hydroxylation is 1. The number of para-hydroxylation sites is 1. The fourth-order valence-corrected chi connectivity index (χ4v) is 4.28. The molecule has 0 radical (unpaired) electrons. The second kappa shape index (κ2) is 8.35. The molecule has 8 nitrogen and oxygen atoms in total. The van der Waals surface area contributed by atoms with Crippen LogP contribution in [0.2, 0.25) is 0 Å². The predicted octanol–water partition coefficient (Wildman–Crippen LogP) is 4.36. The quantitative estimate of drug-likeness (QED) is 0.453. The van der Waals surface area contributed by atoms with Gasteiger partial charge in [-0.15, -0.1) is 11.3 Å². The summed E-state index contributed by atoms with van der Waals surface area (Å²) in [5.41, 5.74) is 1.73. The number of hydrogen-bond donors (Lipinski definition) is 1. The molecule has 3 heterocycles. The molecule has 31 heavy (non-hydrogen) atoms. The summed E-state index contributed by atoms with van der Waals surface area (Å²) in [7, 11) is 0. The van der Waals surface area contributed by atoms with Gasteiger partial charge in [-0.2, -0.15) is 10.2 Å². The zero-order valence-electron chi connectivity index (χ0n) is 17.7. The number of benzene rings is 1. The average molecular weight is 438 g/mol. The standard InChI is InChI=1S/C22H23N5O3S/c1-13(2)26-19(10-11-23-26)24-20(28)15(4)30-22(29)18-12-17-14(3)25-27(21(17)31-18)16-8-6-5-7-9-16/h5-13,15H,1-4H3,(H,24,28). The Balaban J connectivity index is 1.50. The van der Waals surface area contributed by atoms with Gasteiger partial charge in [0, 0.05) is 17.5 Å². The Kier molecular flexibility index (Phi) is 5.60. The van der Waals surface area contributed by atoms with Gasteiger partial charge in [0.1, 0.15) is 15.5 Å². The molecule has 0 bridgehead atoms. The molecule has 0 saturated carbocycles. The van der Waals surface area contributed by atoms with Crippen LogP contribution in [0.1, 0.15) is 42.2 Å². The van der Waals surface area contributed by atoms with Gasteiger partial charge in [0.25, 0.3) is 5.91 Å². The summed E-state index contributed by atoms with van der Waals surface area (Å²) in [5.74, 6) is -0.396. The summed E-state index contributed by atoms with van der Waals surface area (Å²) in [6.07, 6.45) is 0.655. The van der Waals surface area contributed by atoms with Crippen LogP contribution in [-0.4, -0.2) is 37.5 Å². The fraction of sp³-hybridized carbons (Fsp3) is 0.273. The molecular formula is C22H23N5O3S. The lowest BCUT2D eigenvalue weighted by atomic mass is 10.3. The van der Waals surface area contributed by atoms with E-state index in [-0.39, 0.29) is 6.04 Å². The van der Waals surface area contributed by atoms with E-state index in [4.69, 9.17) is 4.74 Å². The molecule has 1 aromatic carbocycles. The Morgan fingerprint density at radius 3 is 2.58 bits per heavy atom. The van der Waals surface area contributed by atoms with Crippen molar-refractivity contribution in [3.05, 3.63) is 59.2 Å². The van der Waals surface area contributed by atoms with Crippen LogP contribution in [-0.2, 0) is 9.53 Å². The van der Waals surface area contributed by atoms with Crippen molar-refractivity contribution in [3.8, 4) is 5.69 Å². The number of nitrogens with zero attached hydrogens (tertiary/aromatic N) is 4. The number of amides is 1. The highest BCUT2D eigenvalue weighted by Crippen LogP contribution is 2.31. The minimum absolute atomic E-state index is 0.0918. The van der Waals surface area contributed by atoms with Crippen LogP contribution in [0.4, 0.5) is 5.82 Å². The molecule has 4 rings (SSSR count). The number of nitrogens with one attached hydrogen (secondary N) is 1. The summed E-state index contributed by atoms with van der Waals surface area (Å²) in [6, 6.07) is 13.3. The smallest absolute Gasteiger partial charge is 0.349 e. The van der Waals surface area contributed by atoms with Crippen LogP contribution in [0, 0.1) is 6.92 Å². The molecule has 160 valence electrons. The van der Waals surface area contributed by atoms with E-state index >= 15 is 0 Å². The highest BCUT2D eigenvalue weighted by atomic mass is 32.1. The molecule has 9 heteroatoms. The normalized spacial score (nSPS) is 12.3. The van der Waals surface area contributed by atoms with E-state index in [9.17, 15) is 9.59 Å². The number of rotatable bonds is 6. The fourth-order valence-electron chi connectivity index (χ4n) is 3.22. The van der Waals surface area contributed by atoms with Gasteiger partial charge in [-0.1, -0.05) is 18.2 Å². The van der Waals surface area contributed by atoms with Gasteiger partial charge in [-0.05, 0) is 45.9 Å². The molecule has 0 fully saturated rings. The van der Waals surface area contributed by atoms with E-state index in [0.717, 1.165) is 21.6 Å². The van der Waals surface area contributed by atoms with Gasteiger partial charge in [0.15, 0.2) is 6.10 Å². The lowest BCUT2D eigenvalue weighted by Crippen LogP contribution is -2.30. The van der Waals surface area contributed by atoms with E-state index in [1.807, 2.05) is 55.8 Å². The molecule has 0 aliphatic heterocycles. The van der Waals surface area contributed by atoms with E-state index in [2.05, 4.69) is 15.5 Å². The Morgan fingerprint density at radius 2 is 1.87 bits per heavy atom. The number of aromatic nitrogens is 4. The van der Waals surface area contributed by atoms with Crippen molar-refractivity contribution in [2.45, 2.75) is 39.8 Å². The predicted molar refractivity (Wildman–Crippen MR) is 120 cm³/mol. The van der Waals surface area contributed by atoms with Gasteiger partial charge >= 0.3 is 5.97 Å². The van der Waals surface area contributed by atoms with Crippen LogP contribution in [0.25, 0.3) is 15.9 Å². The number of carbonyl (C=O) groups excluding carboxylic acids is 2. The number of anilines is 1. The molecule has 4 aromatic rings. The first-order valence-electron chi connectivity index (χ1n) is 9.95. The van der Waals surface area contributed by atoms with Crippen LogP contribution >= 0.6 is 11.3 Å². The third-order valence-electron chi connectivity index (χ3n) is 4.81. The first-order chi connectivity index (χ1) is 14.8. The lowest BCUT2D eigenvalue weighted by molar-refractivity contribution is -0.123. The maximum Gasteiger partial charge on any atom is 0.349 e. The minimum atomic E-state index is -0.958. The topological polar surface area (TPSA) is 91.0 Å². The van der Waals surface area contributed by atoms with Gasteiger partial charge in [-0.25, -0.2) is 14.2 Å². The zero-order chi connectivity index (χ0) is 22.1. The summed E-state index contributed by atoms with van der Waals surface area (Å²) in [5, 5.41) is 12.4. The molecule has 1 N–H and O–H groups in total. The Bertz CT molecular complexity index is 1240. The Hall–Kier alpha value is -3.46. The van der Waals surface area contributed by atoms with Crippen LogP contribution in [0.3, 0.4) is 0 Å². The van der Waals surface area contributed by atoms with E-state index in [1.165, 1.54) is 11.3 Å². The van der Waals surface area contributed by atoms with Crippen LogP contribution in [0.15, 0.2) is 48.7 Å². The first-order valence-corrected chi connectivity index (χ1v) is 10.8. The van der Waals surface area contributed by atoms with Crippen molar-refractivity contribution >= 4 is 39.2 Å². The summed E-state index contributed by atoms with van der Waals surface area (Å²) >= 11 is 1.29. The average Bonchev–Trinajstić information content (AvgIpc) is 3.45. The molecule has 0 aliphatic carbocycles. The Morgan fingerprint density at radius 1 is 1.13 bits per heavy atom. The first kappa shape index (κ1) is 20.8. The van der Waals surface area contributed by atoms with Gasteiger partial charge in [0.05, 0.1) is 17.6 Å². The van der Waals surface area contributed by atoms with Crippen molar-refractivity contribution in [2.24, 2.45) is 0 Å². The number of fused-ring (bicyclic) bond motifs is 1. The Labute approximate surface area is 183 Å². The highest BCUT2D eigenvalue weighted by Gasteiger charge is 2.23. The summed E-state index contributed by atoms with van der Waals surface area (Å²) in [6.45, 7) is 7.38. The third-order valence-corrected chi connectivity index (χ3v) is 5.90. The molecule has 1 unspecified atom stereocenters. The van der Waals surface area contributed by atoms with Crippen molar-refractivity contribution in [3.63, 3.8) is 0 Å². The molecule has 0 spiro atoms. The summed E-state index contributed by atoms with van der Waals surface area (Å²) in [4.78, 5) is 26.5. The van der Waals surface area contributed by atoms with Gasteiger partial charge in [-0.3, -0.25) is 4.79 Å².